The van der Waals surface area contributed by atoms with E-state index in [4.69, 9.17) is 4.74 Å². The molecular formula is C20H29NO5S. The largest absolute Gasteiger partial charge is 0.478 e. The molecule has 0 amide bonds. The number of thiazole rings is 1. The highest BCUT2D eigenvalue weighted by Gasteiger charge is 2.27. The van der Waals surface area contributed by atoms with Gasteiger partial charge in [-0.15, -0.1) is 11.3 Å². The van der Waals surface area contributed by atoms with Crippen LogP contribution in [0.3, 0.4) is 0 Å². The van der Waals surface area contributed by atoms with Gasteiger partial charge in [0.1, 0.15) is 5.01 Å². The average Bonchev–Trinajstić information content (AvgIpc) is 3.19. The molecule has 0 bridgehead atoms. The summed E-state index contributed by atoms with van der Waals surface area (Å²) in [5.41, 5.74) is 0.891. The molecule has 1 atom stereocenters. The molecule has 1 unspecified atom stereocenters. The molecular weight excluding hydrogens is 366 g/mol. The summed E-state index contributed by atoms with van der Waals surface area (Å²) < 4.78 is 4.72. The van der Waals surface area contributed by atoms with Crippen LogP contribution in [-0.2, 0) is 19.1 Å². The molecule has 1 N–H and O–H groups in total. The van der Waals surface area contributed by atoms with Gasteiger partial charge in [0.25, 0.3) is 5.78 Å². The molecule has 1 rings (SSSR count). The van der Waals surface area contributed by atoms with Gasteiger partial charge in [0, 0.05) is 22.7 Å². The van der Waals surface area contributed by atoms with Gasteiger partial charge in [-0.2, -0.15) is 0 Å². The Kier molecular flexibility index (Phi) is 11.1. The summed E-state index contributed by atoms with van der Waals surface area (Å²) >= 11 is 1.34. The highest BCUT2D eigenvalue weighted by Crippen LogP contribution is 2.34. The summed E-state index contributed by atoms with van der Waals surface area (Å²) in [6, 6.07) is 0. The van der Waals surface area contributed by atoms with Crippen molar-refractivity contribution in [3.63, 3.8) is 0 Å². The first-order chi connectivity index (χ1) is 12.8. The van der Waals surface area contributed by atoms with E-state index in [2.05, 4.69) is 4.98 Å². The third-order valence-corrected chi connectivity index (χ3v) is 4.80. The third-order valence-electron chi connectivity index (χ3n) is 3.99. The molecule has 1 heterocycles. The van der Waals surface area contributed by atoms with Crippen LogP contribution in [0.4, 0.5) is 0 Å². The Morgan fingerprint density at radius 1 is 1.19 bits per heavy atom. The fraction of sp³-hybridized carbons (Fsp3) is 0.500. The molecule has 27 heavy (non-hydrogen) atoms. The number of ketones is 1. The van der Waals surface area contributed by atoms with Crippen LogP contribution in [0.25, 0.3) is 5.57 Å². The van der Waals surface area contributed by atoms with Gasteiger partial charge in [0.2, 0.25) is 0 Å². The number of aromatic nitrogens is 1. The minimum Gasteiger partial charge on any atom is -0.478 e. The van der Waals surface area contributed by atoms with Crippen LogP contribution in [-0.4, -0.2) is 34.4 Å². The molecule has 1 aromatic rings. The van der Waals surface area contributed by atoms with Crippen molar-refractivity contribution in [2.45, 2.75) is 54.9 Å². The molecule has 1 aromatic heterocycles. The van der Waals surface area contributed by atoms with Crippen LogP contribution in [0.1, 0.15) is 59.9 Å². The average molecular weight is 396 g/mol. The normalized spacial score (nSPS) is 13.4. The van der Waals surface area contributed by atoms with Crippen molar-refractivity contribution in [1.29, 1.82) is 0 Å². The lowest BCUT2D eigenvalue weighted by Gasteiger charge is -2.18. The SMILES string of the molecule is CC.CCOC(=O)C(=O)/C(C)=C(C)/C(C(=O)O)=C(/c1nccs1)C(C)CC. The number of hydrogen-bond donors (Lipinski definition) is 1. The molecule has 0 aromatic carbocycles. The van der Waals surface area contributed by atoms with Crippen molar-refractivity contribution in [2.75, 3.05) is 6.61 Å². The van der Waals surface area contributed by atoms with E-state index in [1.807, 2.05) is 27.7 Å². The number of allylic oxidation sites excluding steroid dienone is 1. The topological polar surface area (TPSA) is 93.6 Å². The zero-order valence-corrected chi connectivity index (χ0v) is 17.9. The molecule has 6 nitrogen and oxygen atoms in total. The number of rotatable bonds is 8. The molecule has 0 aliphatic carbocycles. The fourth-order valence-electron chi connectivity index (χ4n) is 2.31. The predicted octanol–water partition coefficient (Wildman–Crippen LogP) is 4.52. The quantitative estimate of drug-likeness (QED) is 0.301. The van der Waals surface area contributed by atoms with Crippen LogP contribution in [0.2, 0.25) is 0 Å². The van der Waals surface area contributed by atoms with Gasteiger partial charge < -0.3 is 9.84 Å². The second kappa shape index (κ2) is 12.2. The van der Waals surface area contributed by atoms with Gasteiger partial charge in [0.05, 0.1) is 12.2 Å². The van der Waals surface area contributed by atoms with Crippen LogP contribution >= 0.6 is 11.3 Å². The maximum absolute atomic E-state index is 12.2. The number of carboxylic acid groups (broad SMARTS) is 1. The van der Waals surface area contributed by atoms with Crippen molar-refractivity contribution in [2.24, 2.45) is 5.92 Å². The number of esters is 1. The zero-order valence-electron chi connectivity index (χ0n) is 17.1. The molecule has 150 valence electrons. The van der Waals surface area contributed by atoms with E-state index < -0.39 is 17.7 Å². The Balaban J connectivity index is 0.00000326. The van der Waals surface area contributed by atoms with Crippen molar-refractivity contribution in [1.82, 2.24) is 4.98 Å². The Morgan fingerprint density at radius 2 is 1.78 bits per heavy atom. The summed E-state index contributed by atoms with van der Waals surface area (Å²) in [7, 11) is 0. The van der Waals surface area contributed by atoms with E-state index in [-0.39, 0.29) is 29.2 Å². The van der Waals surface area contributed by atoms with Crippen molar-refractivity contribution < 1.29 is 24.2 Å². The van der Waals surface area contributed by atoms with Crippen LogP contribution in [0.5, 0.6) is 0 Å². The van der Waals surface area contributed by atoms with E-state index in [0.717, 1.165) is 0 Å². The number of Topliss-reactive ketones (excluding diaryl/α,β-unsaturated/α-hetero) is 1. The molecule has 0 saturated carbocycles. The molecule has 0 spiro atoms. The van der Waals surface area contributed by atoms with E-state index in [9.17, 15) is 19.5 Å². The molecule has 0 saturated heterocycles. The number of ether oxygens (including phenoxy) is 1. The van der Waals surface area contributed by atoms with Gasteiger partial charge >= 0.3 is 11.9 Å². The lowest BCUT2D eigenvalue weighted by Crippen LogP contribution is -2.20. The smallest absolute Gasteiger partial charge is 0.379 e. The van der Waals surface area contributed by atoms with Gasteiger partial charge in [-0.1, -0.05) is 27.7 Å². The van der Waals surface area contributed by atoms with E-state index in [1.165, 1.54) is 25.2 Å². The molecule has 0 aliphatic rings. The summed E-state index contributed by atoms with van der Waals surface area (Å²) in [5.74, 6) is -3.04. The monoisotopic (exact) mass is 395 g/mol. The van der Waals surface area contributed by atoms with Crippen molar-refractivity contribution in [3.8, 4) is 0 Å². The number of hydrogen-bond acceptors (Lipinski definition) is 6. The van der Waals surface area contributed by atoms with E-state index in [1.54, 1.807) is 18.5 Å². The standard InChI is InChI=1S/C18H23NO5S.C2H6/c1-6-10(3)13(16-19-8-9-25-16)14(17(21)22)11(4)12(5)15(20)18(23)24-7-2;1-2/h8-10H,6-7H2,1-5H3,(H,21,22);1-2H3/b12-11+,14-13-;. The van der Waals surface area contributed by atoms with Crippen molar-refractivity contribution >= 4 is 34.6 Å². The number of carbonyl (C=O) groups is 3. The zero-order chi connectivity index (χ0) is 21.1. The van der Waals surface area contributed by atoms with Gasteiger partial charge in [0.15, 0.2) is 0 Å². The van der Waals surface area contributed by atoms with Crippen molar-refractivity contribution in [3.05, 3.63) is 33.3 Å². The number of carbonyl (C=O) groups excluding carboxylic acids is 2. The Bertz CT molecular complexity index is 717. The van der Waals surface area contributed by atoms with E-state index >= 15 is 0 Å². The number of nitrogens with zero attached hydrogens (tertiary/aromatic N) is 1. The first-order valence-corrected chi connectivity index (χ1v) is 9.90. The lowest BCUT2D eigenvalue weighted by molar-refractivity contribution is -0.151. The number of carboxylic acids is 1. The second-order valence-corrected chi connectivity index (χ2v) is 6.43. The molecule has 0 fully saturated rings. The molecule has 0 radical (unpaired) electrons. The summed E-state index contributed by atoms with van der Waals surface area (Å²) in [6.45, 7) is 12.5. The molecule has 0 aliphatic heterocycles. The predicted molar refractivity (Wildman–Crippen MR) is 107 cm³/mol. The maximum Gasteiger partial charge on any atom is 0.379 e. The summed E-state index contributed by atoms with van der Waals surface area (Å²) in [5, 5.41) is 12.2. The first-order valence-electron chi connectivity index (χ1n) is 9.02. The highest BCUT2D eigenvalue weighted by molar-refractivity contribution is 7.10. The van der Waals surface area contributed by atoms with Crippen LogP contribution in [0, 0.1) is 5.92 Å². The van der Waals surface area contributed by atoms with Gasteiger partial charge in [-0.05, 0) is 38.7 Å². The maximum atomic E-state index is 12.2. The minimum atomic E-state index is -1.15. The first kappa shape index (κ1) is 24.7. The summed E-state index contributed by atoms with van der Waals surface area (Å²) in [4.78, 5) is 40.1. The number of aliphatic carboxylic acids is 1. The summed E-state index contributed by atoms with van der Waals surface area (Å²) in [6.07, 6.45) is 2.32. The third kappa shape index (κ3) is 6.43. The highest BCUT2D eigenvalue weighted by atomic mass is 32.1. The van der Waals surface area contributed by atoms with Gasteiger partial charge in [-0.3, -0.25) is 4.79 Å². The Morgan fingerprint density at radius 3 is 2.19 bits per heavy atom. The van der Waals surface area contributed by atoms with Crippen LogP contribution < -0.4 is 0 Å². The Hall–Kier alpha value is -2.28. The van der Waals surface area contributed by atoms with Gasteiger partial charge in [-0.25, -0.2) is 14.6 Å². The Labute approximate surface area is 165 Å². The van der Waals surface area contributed by atoms with Crippen LogP contribution in [0.15, 0.2) is 28.3 Å². The minimum absolute atomic E-state index is 0.0134. The second-order valence-electron chi connectivity index (χ2n) is 5.54. The van der Waals surface area contributed by atoms with E-state index in [0.29, 0.717) is 17.0 Å². The lowest BCUT2D eigenvalue weighted by atomic mass is 9.88. The fourth-order valence-corrected chi connectivity index (χ4v) is 3.11. The molecule has 7 heteroatoms.